The Bertz CT molecular complexity index is 3150. The number of hydrogen-bond donors (Lipinski definition) is 0. The molecule has 12 rings (SSSR count). The molecule has 2 fully saturated rings. The summed E-state index contributed by atoms with van der Waals surface area (Å²) in [5.41, 5.74) is 10.4. The van der Waals surface area contributed by atoms with Gasteiger partial charge in [0, 0.05) is 50.4 Å². The van der Waals surface area contributed by atoms with Crippen molar-refractivity contribution in [1.82, 2.24) is 4.57 Å². The second-order valence-corrected chi connectivity index (χ2v) is 16.9. The van der Waals surface area contributed by atoms with Crippen molar-refractivity contribution in [2.24, 2.45) is 11.8 Å². The molecule has 2 heterocycles. The molecule has 2 saturated carbocycles. The van der Waals surface area contributed by atoms with E-state index in [-0.39, 0.29) is 5.41 Å². The van der Waals surface area contributed by atoms with E-state index in [0.29, 0.717) is 0 Å². The summed E-state index contributed by atoms with van der Waals surface area (Å²) in [4.78, 5) is 2.42. The third-order valence-electron chi connectivity index (χ3n) is 13.5. The Kier molecular flexibility index (Phi) is 6.90. The van der Waals surface area contributed by atoms with E-state index >= 15 is 0 Å². The Morgan fingerprint density at radius 2 is 1.16 bits per heavy atom. The highest BCUT2D eigenvalue weighted by Crippen LogP contribution is 2.52. The Morgan fingerprint density at radius 3 is 1.98 bits per heavy atom. The number of furan rings is 1. The lowest BCUT2D eigenvalue weighted by atomic mass is 9.66. The lowest BCUT2D eigenvalue weighted by molar-refractivity contribution is 0.232. The van der Waals surface area contributed by atoms with Gasteiger partial charge in [-0.1, -0.05) is 117 Å². The first-order chi connectivity index (χ1) is 27.6. The smallest absolute Gasteiger partial charge is 0.137 e. The van der Waals surface area contributed by atoms with Crippen LogP contribution in [-0.4, -0.2) is 4.57 Å². The number of para-hydroxylation sites is 1. The van der Waals surface area contributed by atoms with Crippen molar-refractivity contribution >= 4 is 82.4 Å². The first-order valence-corrected chi connectivity index (χ1v) is 20.3. The van der Waals surface area contributed by atoms with Gasteiger partial charge in [-0.25, -0.2) is 0 Å². The summed E-state index contributed by atoms with van der Waals surface area (Å²) in [5, 5.41) is 9.82. The van der Waals surface area contributed by atoms with E-state index < -0.39 is 0 Å². The largest absolute Gasteiger partial charge is 0.456 e. The van der Waals surface area contributed by atoms with Crippen LogP contribution >= 0.6 is 0 Å². The van der Waals surface area contributed by atoms with Crippen molar-refractivity contribution < 1.29 is 4.42 Å². The van der Waals surface area contributed by atoms with Crippen LogP contribution in [0.4, 0.5) is 17.1 Å². The highest BCUT2D eigenvalue weighted by Gasteiger charge is 2.41. The van der Waals surface area contributed by atoms with Crippen LogP contribution in [0.15, 0.2) is 168 Å². The quantitative estimate of drug-likeness (QED) is 0.176. The van der Waals surface area contributed by atoms with Gasteiger partial charge in [0.05, 0.1) is 11.0 Å². The standard InChI is InChI=1S/C53H42N2O/c1-53(32-34-14-15-35(28-34)33-53)39-18-21-40(22-19-39)54(43-23-25-46-45-12-6-7-13-50(45)56-51(46)31-43)42-24-26-47-49(30-42)55(41-20-16-36-8-2-3-10-38(36)29-41)48-27-17-37-9-4-5-11-44(37)52(47)48/h2-13,16-27,29-31,34-35H,14-15,28,32-33H2,1H3/t34-,35?,53?/m0/s1. The Morgan fingerprint density at radius 1 is 0.518 bits per heavy atom. The first-order valence-electron chi connectivity index (χ1n) is 20.3. The Labute approximate surface area is 326 Å². The average molecular weight is 723 g/mol. The third kappa shape index (κ3) is 4.90. The van der Waals surface area contributed by atoms with Gasteiger partial charge in [0.15, 0.2) is 0 Å². The summed E-state index contributed by atoms with van der Waals surface area (Å²) >= 11 is 0. The molecule has 0 saturated heterocycles. The number of anilines is 3. The molecule has 3 atom stereocenters. The van der Waals surface area contributed by atoms with E-state index in [1.807, 2.05) is 6.07 Å². The summed E-state index contributed by atoms with van der Waals surface area (Å²) in [7, 11) is 0. The van der Waals surface area contributed by atoms with Gasteiger partial charge >= 0.3 is 0 Å². The van der Waals surface area contributed by atoms with Gasteiger partial charge in [-0.15, -0.1) is 0 Å². The van der Waals surface area contributed by atoms with Gasteiger partial charge < -0.3 is 13.9 Å². The third-order valence-corrected chi connectivity index (χ3v) is 13.5. The van der Waals surface area contributed by atoms with Crippen molar-refractivity contribution in [2.45, 2.75) is 44.4 Å². The highest BCUT2D eigenvalue weighted by molar-refractivity contribution is 6.22. The maximum absolute atomic E-state index is 6.48. The summed E-state index contributed by atoms with van der Waals surface area (Å²) in [6.45, 7) is 2.52. The second kappa shape index (κ2) is 12.1. The molecule has 8 aromatic carbocycles. The molecule has 0 amide bonds. The summed E-state index contributed by atoms with van der Waals surface area (Å²) in [6.07, 6.45) is 6.86. The lowest BCUT2D eigenvalue weighted by Crippen LogP contribution is -2.30. The SMILES string of the molecule is CC1(c2ccc(N(c3ccc4c(c3)oc3ccccc34)c3ccc4c5c6ccccc6ccc5n(-c5ccc6ccccc6c5)c4c3)cc2)CC2CC[C@@H](C2)C1. The zero-order valence-corrected chi connectivity index (χ0v) is 31.6. The molecule has 0 radical (unpaired) electrons. The topological polar surface area (TPSA) is 21.3 Å². The van der Waals surface area contributed by atoms with Gasteiger partial charge in [0.25, 0.3) is 0 Å². The molecule has 10 aromatic rings. The zero-order chi connectivity index (χ0) is 37.0. The van der Waals surface area contributed by atoms with Gasteiger partial charge in [-0.2, -0.15) is 0 Å². The highest BCUT2D eigenvalue weighted by atomic mass is 16.3. The molecule has 0 N–H and O–H groups in total. The minimum Gasteiger partial charge on any atom is -0.456 e. The molecule has 2 aliphatic carbocycles. The minimum absolute atomic E-state index is 0.239. The molecule has 3 heteroatoms. The molecular weight excluding hydrogens is 681 g/mol. The summed E-state index contributed by atoms with van der Waals surface area (Å²) in [5.74, 6) is 1.76. The Hall–Kier alpha value is -6.32. The van der Waals surface area contributed by atoms with Crippen molar-refractivity contribution in [3.8, 4) is 5.69 Å². The molecule has 0 spiro atoms. The summed E-state index contributed by atoms with van der Waals surface area (Å²) < 4.78 is 8.95. The van der Waals surface area contributed by atoms with Crippen molar-refractivity contribution in [3.05, 3.63) is 169 Å². The Balaban J connectivity index is 1.08. The van der Waals surface area contributed by atoms with Crippen LogP contribution < -0.4 is 4.90 Å². The van der Waals surface area contributed by atoms with Gasteiger partial charge in [-0.3, -0.25) is 0 Å². The summed E-state index contributed by atoms with van der Waals surface area (Å²) in [6, 6.07) is 60.5. The molecule has 2 aromatic heterocycles. The molecule has 0 aliphatic heterocycles. The maximum atomic E-state index is 6.48. The van der Waals surface area contributed by atoms with Crippen LogP contribution in [0.25, 0.3) is 71.0 Å². The van der Waals surface area contributed by atoms with Gasteiger partial charge in [-0.05, 0) is 124 Å². The number of nitrogens with zero attached hydrogens (tertiary/aromatic N) is 2. The van der Waals surface area contributed by atoms with E-state index in [1.54, 1.807) is 0 Å². The zero-order valence-electron chi connectivity index (χ0n) is 31.6. The van der Waals surface area contributed by atoms with Gasteiger partial charge in [0.1, 0.15) is 11.2 Å². The fourth-order valence-electron chi connectivity index (χ4n) is 11.0. The molecule has 2 aliphatic rings. The van der Waals surface area contributed by atoms with Crippen LogP contribution in [0, 0.1) is 11.8 Å². The van der Waals surface area contributed by atoms with Crippen LogP contribution in [0.1, 0.15) is 44.6 Å². The predicted molar refractivity (Wildman–Crippen MR) is 235 cm³/mol. The fourth-order valence-corrected chi connectivity index (χ4v) is 11.0. The van der Waals surface area contributed by atoms with E-state index in [9.17, 15) is 0 Å². The normalized spacial score (nSPS) is 19.6. The van der Waals surface area contributed by atoms with Crippen molar-refractivity contribution in [2.75, 3.05) is 4.90 Å². The van der Waals surface area contributed by atoms with E-state index in [0.717, 1.165) is 56.5 Å². The van der Waals surface area contributed by atoms with E-state index in [4.69, 9.17) is 4.42 Å². The number of benzene rings is 8. The number of hydrogen-bond acceptors (Lipinski definition) is 2. The average Bonchev–Trinajstić information content (AvgIpc) is 3.90. The van der Waals surface area contributed by atoms with Crippen molar-refractivity contribution in [3.63, 3.8) is 0 Å². The molecule has 56 heavy (non-hydrogen) atoms. The fraction of sp³-hybridized carbons (Fsp3) is 0.170. The van der Waals surface area contributed by atoms with Crippen LogP contribution in [0.5, 0.6) is 0 Å². The number of fused-ring (bicyclic) bond motifs is 11. The lowest BCUT2D eigenvalue weighted by Gasteiger charge is -2.38. The van der Waals surface area contributed by atoms with Crippen LogP contribution in [0.2, 0.25) is 0 Å². The number of aromatic nitrogens is 1. The van der Waals surface area contributed by atoms with Crippen LogP contribution in [0.3, 0.4) is 0 Å². The van der Waals surface area contributed by atoms with Crippen molar-refractivity contribution in [1.29, 1.82) is 0 Å². The van der Waals surface area contributed by atoms with Crippen LogP contribution in [-0.2, 0) is 5.41 Å². The molecular formula is C53H42N2O. The van der Waals surface area contributed by atoms with E-state index in [1.165, 1.54) is 81.0 Å². The molecule has 270 valence electrons. The minimum atomic E-state index is 0.239. The van der Waals surface area contributed by atoms with Gasteiger partial charge in [0.2, 0.25) is 0 Å². The number of rotatable bonds is 5. The molecule has 2 unspecified atom stereocenters. The maximum Gasteiger partial charge on any atom is 0.137 e. The molecule has 3 nitrogen and oxygen atoms in total. The van der Waals surface area contributed by atoms with E-state index in [2.05, 4.69) is 174 Å². The predicted octanol–water partition coefficient (Wildman–Crippen LogP) is 14.9. The second-order valence-electron chi connectivity index (χ2n) is 16.9. The monoisotopic (exact) mass is 722 g/mol. The molecule has 2 bridgehead atoms. The first kappa shape index (κ1) is 32.0.